The van der Waals surface area contributed by atoms with E-state index in [0.717, 1.165) is 6.42 Å². The monoisotopic (exact) mass is 416 g/mol. The summed E-state index contributed by atoms with van der Waals surface area (Å²) in [6, 6.07) is 22.6. The lowest BCUT2D eigenvalue weighted by Crippen LogP contribution is -2.17. The fraction of sp³-hybridized carbons (Fsp3) is 0.120. The van der Waals surface area contributed by atoms with Gasteiger partial charge in [-0.2, -0.15) is 0 Å². The molecule has 0 bridgehead atoms. The summed E-state index contributed by atoms with van der Waals surface area (Å²) < 4.78 is 19.2. The van der Waals surface area contributed by atoms with E-state index >= 15 is 0 Å². The van der Waals surface area contributed by atoms with Crippen LogP contribution in [0.1, 0.15) is 29.0 Å². The van der Waals surface area contributed by atoms with Crippen molar-refractivity contribution in [3.63, 3.8) is 0 Å². The highest BCUT2D eigenvalue weighted by atomic mass is 19.1. The van der Waals surface area contributed by atoms with Crippen LogP contribution in [0.15, 0.2) is 83.3 Å². The Balaban J connectivity index is 1.50. The maximum atomic E-state index is 13.4. The summed E-state index contributed by atoms with van der Waals surface area (Å²) >= 11 is 0. The number of carbonyl (C=O) groups excluding carboxylic acids is 2. The predicted molar refractivity (Wildman–Crippen MR) is 119 cm³/mol. The third-order valence-electron chi connectivity index (χ3n) is 4.86. The van der Waals surface area contributed by atoms with Crippen LogP contribution in [0.25, 0.3) is 11.0 Å². The number of fused-ring (bicyclic) bond motifs is 1. The van der Waals surface area contributed by atoms with E-state index in [4.69, 9.17) is 4.42 Å². The van der Waals surface area contributed by atoms with Gasteiger partial charge >= 0.3 is 0 Å². The molecule has 0 radical (unpaired) electrons. The lowest BCUT2D eigenvalue weighted by atomic mass is 10.1. The van der Waals surface area contributed by atoms with Gasteiger partial charge in [0.25, 0.3) is 5.91 Å². The zero-order valence-corrected chi connectivity index (χ0v) is 16.7. The molecule has 0 atom stereocenters. The Kier molecular flexibility index (Phi) is 6.08. The predicted octanol–water partition coefficient (Wildman–Crippen LogP) is 5.79. The van der Waals surface area contributed by atoms with Crippen molar-refractivity contribution >= 4 is 34.2 Å². The molecule has 0 saturated carbocycles. The standard InChI is InChI=1S/C25H21FN2O3/c26-18-11-7-12-19(16-18)27-25(30)24-23(20-13-4-5-14-21(20)31-24)28-22(29)15-6-10-17-8-2-1-3-9-17/h1-5,7-9,11-14,16H,6,10,15H2,(H,27,30)(H,28,29). The zero-order valence-electron chi connectivity index (χ0n) is 16.7. The first-order valence-corrected chi connectivity index (χ1v) is 10.0. The Morgan fingerprint density at radius 3 is 2.45 bits per heavy atom. The van der Waals surface area contributed by atoms with E-state index in [-0.39, 0.29) is 11.7 Å². The molecule has 6 heteroatoms. The number of benzene rings is 3. The zero-order chi connectivity index (χ0) is 21.6. The molecular weight excluding hydrogens is 395 g/mol. The fourth-order valence-corrected chi connectivity index (χ4v) is 3.38. The van der Waals surface area contributed by atoms with Crippen LogP contribution >= 0.6 is 0 Å². The smallest absolute Gasteiger partial charge is 0.293 e. The molecule has 2 amide bonds. The van der Waals surface area contributed by atoms with Crippen molar-refractivity contribution in [1.29, 1.82) is 0 Å². The summed E-state index contributed by atoms with van der Waals surface area (Å²) in [6.45, 7) is 0. The topological polar surface area (TPSA) is 71.3 Å². The second kappa shape index (κ2) is 9.26. The number of amides is 2. The molecule has 1 heterocycles. The minimum absolute atomic E-state index is 0.0260. The molecule has 2 N–H and O–H groups in total. The van der Waals surface area contributed by atoms with Crippen molar-refractivity contribution in [2.24, 2.45) is 0 Å². The van der Waals surface area contributed by atoms with Gasteiger partial charge in [0.15, 0.2) is 0 Å². The van der Waals surface area contributed by atoms with Crippen LogP contribution in [0.4, 0.5) is 15.8 Å². The molecule has 0 aliphatic rings. The van der Waals surface area contributed by atoms with E-state index in [0.29, 0.717) is 35.2 Å². The Hall–Kier alpha value is -3.93. The maximum Gasteiger partial charge on any atom is 0.293 e. The molecule has 31 heavy (non-hydrogen) atoms. The first-order valence-electron chi connectivity index (χ1n) is 10.0. The van der Waals surface area contributed by atoms with Crippen molar-refractivity contribution in [3.05, 3.63) is 96.0 Å². The fourth-order valence-electron chi connectivity index (χ4n) is 3.38. The Morgan fingerprint density at radius 1 is 0.871 bits per heavy atom. The number of para-hydroxylation sites is 1. The van der Waals surface area contributed by atoms with Crippen molar-refractivity contribution in [3.8, 4) is 0 Å². The van der Waals surface area contributed by atoms with Gasteiger partial charge in [-0.05, 0) is 48.7 Å². The average Bonchev–Trinajstić information content (AvgIpc) is 3.13. The van der Waals surface area contributed by atoms with Gasteiger partial charge < -0.3 is 15.1 Å². The molecule has 5 nitrogen and oxygen atoms in total. The van der Waals surface area contributed by atoms with E-state index < -0.39 is 11.7 Å². The van der Waals surface area contributed by atoms with Crippen molar-refractivity contribution < 1.29 is 18.4 Å². The number of carbonyl (C=O) groups is 2. The molecule has 0 aliphatic carbocycles. The molecule has 0 unspecified atom stereocenters. The molecule has 1 aromatic heterocycles. The average molecular weight is 416 g/mol. The molecule has 4 aromatic rings. The molecule has 0 saturated heterocycles. The number of furan rings is 1. The molecule has 3 aromatic carbocycles. The molecule has 0 fully saturated rings. The van der Waals surface area contributed by atoms with Gasteiger partial charge in [-0.15, -0.1) is 0 Å². The largest absolute Gasteiger partial charge is 0.449 e. The third kappa shape index (κ3) is 4.98. The van der Waals surface area contributed by atoms with Gasteiger partial charge in [0, 0.05) is 17.5 Å². The SMILES string of the molecule is O=C(CCCc1ccccc1)Nc1c(C(=O)Nc2cccc(F)c2)oc2ccccc12. The number of hydrogen-bond acceptors (Lipinski definition) is 3. The molecule has 0 aliphatic heterocycles. The lowest BCUT2D eigenvalue weighted by Gasteiger charge is -2.08. The summed E-state index contributed by atoms with van der Waals surface area (Å²) in [5.41, 5.74) is 2.26. The van der Waals surface area contributed by atoms with E-state index in [9.17, 15) is 14.0 Å². The first-order chi connectivity index (χ1) is 15.1. The van der Waals surface area contributed by atoms with E-state index in [2.05, 4.69) is 10.6 Å². The van der Waals surface area contributed by atoms with Gasteiger partial charge in [-0.3, -0.25) is 9.59 Å². The number of nitrogens with one attached hydrogen (secondary N) is 2. The van der Waals surface area contributed by atoms with E-state index in [1.54, 1.807) is 30.3 Å². The number of halogens is 1. The number of aryl methyl sites for hydroxylation is 1. The lowest BCUT2D eigenvalue weighted by molar-refractivity contribution is -0.116. The van der Waals surface area contributed by atoms with Crippen LogP contribution in [-0.2, 0) is 11.2 Å². The quantitative estimate of drug-likeness (QED) is 0.401. The van der Waals surface area contributed by atoms with Crippen LogP contribution < -0.4 is 10.6 Å². The van der Waals surface area contributed by atoms with Crippen molar-refractivity contribution in [1.82, 2.24) is 0 Å². The number of hydrogen-bond donors (Lipinski definition) is 2. The highest BCUT2D eigenvalue weighted by Gasteiger charge is 2.22. The normalized spacial score (nSPS) is 10.7. The van der Waals surface area contributed by atoms with Gasteiger partial charge in [0.1, 0.15) is 17.1 Å². The van der Waals surface area contributed by atoms with E-state index in [1.165, 1.54) is 23.8 Å². The highest BCUT2D eigenvalue weighted by molar-refractivity contribution is 6.14. The summed E-state index contributed by atoms with van der Waals surface area (Å²) in [6.07, 6.45) is 1.77. The van der Waals surface area contributed by atoms with Crippen molar-refractivity contribution in [2.45, 2.75) is 19.3 Å². The molecule has 0 spiro atoms. The first kappa shape index (κ1) is 20.3. The summed E-state index contributed by atoms with van der Waals surface area (Å²) in [5.74, 6) is -1.26. The van der Waals surface area contributed by atoms with Crippen LogP contribution in [-0.4, -0.2) is 11.8 Å². The van der Waals surface area contributed by atoms with Crippen LogP contribution in [0.3, 0.4) is 0 Å². The Labute approximate surface area is 178 Å². The summed E-state index contributed by atoms with van der Waals surface area (Å²) in [7, 11) is 0. The van der Waals surface area contributed by atoms with Crippen LogP contribution in [0.5, 0.6) is 0 Å². The molecule has 4 rings (SSSR count). The molecule has 156 valence electrons. The second-order valence-electron chi connectivity index (χ2n) is 7.15. The Bertz CT molecular complexity index is 1220. The van der Waals surface area contributed by atoms with Gasteiger partial charge in [-0.1, -0.05) is 48.5 Å². The Morgan fingerprint density at radius 2 is 1.65 bits per heavy atom. The van der Waals surface area contributed by atoms with Gasteiger partial charge in [-0.25, -0.2) is 4.39 Å². The second-order valence-corrected chi connectivity index (χ2v) is 7.15. The summed E-state index contributed by atoms with van der Waals surface area (Å²) in [5, 5.41) is 6.07. The van der Waals surface area contributed by atoms with Gasteiger partial charge in [0.05, 0.1) is 0 Å². The number of anilines is 2. The van der Waals surface area contributed by atoms with Crippen molar-refractivity contribution in [2.75, 3.05) is 10.6 Å². The molecular formula is C25H21FN2O3. The maximum absolute atomic E-state index is 13.4. The van der Waals surface area contributed by atoms with Gasteiger partial charge in [0.2, 0.25) is 11.7 Å². The minimum atomic E-state index is -0.568. The van der Waals surface area contributed by atoms with E-state index in [1.807, 2.05) is 30.3 Å². The highest BCUT2D eigenvalue weighted by Crippen LogP contribution is 2.31. The number of rotatable bonds is 7. The third-order valence-corrected chi connectivity index (χ3v) is 4.86. The van der Waals surface area contributed by atoms with Crippen LogP contribution in [0.2, 0.25) is 0 Å². The summed E-state index contributed by atoms with van der Waals surface area (Å²) in [4.78, 5) is 25.4. The van der Waals surface area contributed by atoms with Crippen LogP contribution in [0, 0.1) is 5.82 Å². The minimum Gasteiger partial charge on any atom is -0.449 e.